The van der Waals surface area contributed by atoms with Crippen molar-refractivity contribution < 1.29 is 22.8 Å². The van der Waals surface area contributed by atoms with Gasteiger partial charge in [0.05, 0.1) is 5.56 Å². The van der Waals surface area contributed by atoms with Crippen LogP contribution in [0.1, 0.15) is 57.9 Å². The minimum absolute atomic E-state index is 0.0516. The molecular formula is C32H34ClF3N2O2. The summed E-state index contributed by atoms with van der Waals surface area (Å²) in [6.45, 7) is 5.28. The van der Waals surface area contributed by atoms with Crippen LogP contribution in [0.15, 0.2) is 54.2 Å². The lowest BCUT2D eigenvalue weighted by atomic mass is 9.50. The Bertz CT molecular complexity index is 1390. The summed E-state index contributed by atoms with van der Waals surface area (Å²) in [7, 11) is 0. The molecule has 0 aromatic heterocycles. The molecule has 1 unspecified atom stereocenters. The fourth-order valence-corrected chi connectivity index (χ4v) is 8.63. The second-order valence-corrected chi connectivity index (χ2v) is 13.1. The van der Waals surface area contributed by atoms with Crippen LogP contribution < -0.4 is 10.6 Å². The Morgan fingerprint density at radius 2 is 1.77 bits per heavy atom. The predicted octanol–water partition coefficient (Wildman–Crippen LogP) is 7.88. The third kappa shape index (κ3) is 4.45. The summed E-state index contributed by atoms with van der Waals surface area (Å²) in [5.41, 5.74) is 1.35. The third-order valence-corrected chi connectivity index (χ3v) is 10.9. The highest BCUT2D eigenvalue weighted by atomic mass is 35.5. The largest absolute Gasteiger partial charge is 0.416 e. The molecule has 0 spiro atoms. The summed E-state index contributed by atoms with van der Waals surface area (Å²) in [6, 6.07) is 10.4. The quantitative estimate of drug-likeness (QED) is 0.395. The summed E-state index contributed by atoms with van der Waals surface area (Å²) in [5, 5.41) is 7.03. The van der Waals surface area contributed by atoms with Crippen LogP contribution in [0.3, 0.4) is 0 Å². The first-order valence-electron chi connectivity index (χ1n) is 14.2. The number of allylic oxidation sites excluding steroid dienone is 2. The molecule has 6 rings (SSSR count). The standard InChI is InChI=1S/C32H34ClF3N2O2/c1-30-14-12-25-23(17-37-28-16-21(39)11-13-31(25,28)2)24(30)9-10-26(30)29(40)38-27-15-19(32(34,35)36)5-8-22(27)18-3-6-20(33)7-4-18/h3-8,15-16,23-26,37H,9-14,17H2,1-2H3,(H,38,40)/t23-,24-,25+,26?,30-,31+/m0/s1. The van der Waals surface area contributed by atoms with E-state index < -0.39 is 11.7 Å². The lowest BCUT2D eigenvalue weighted by molar-refractivity contribution is -0.137. The molecular weight excluding hydrogens is 537 g/mol. The zero-order valence-electron chi connectivity index (χ0n) is 22.7. The van der Waals surface area contributed by atoms with E-state index in [0.29, 0.717) is 46.7 Å². The number of amides is 1. The molecule has 1 saturated heterocycles. The molecule has 2 aromatic rings. The average Bonchev–Trinajstić information content (AvgIpc) is 3.26. The zero-order valence-corrected chi connectivity index (χ0v) is 23.5. The van der Waals surface area contributed by atoms with Gasteiger partial charge in [-0.15, -0.1) is 0 Å². The minimum atomic E-state index is -4.53. The summed E-state index contributed by atoms with van der Waals surface area (Å²) < 4.78 is 40.9. The van der Waals surface area contributed by atoms with Gasteiger partial charge < -0.3 is 10.6 Å². The van der Waals surface area contributed by atoms with Gasteiger partial charge in [-0.2, -0.15) is 13.2 Å². The van der Waals surface area contributed by atoms with Crippen LogP contribution in [0, 0.1) is 34.5 Å². The Balaban J connectivity index is 1.27. The van der Waals surface area contributed by atoms with Gasteiger partial charge in [-0.3, -0.25) is 9.59 Å². The fourth-order valence-electron chi connectivity index (χ4n) is 8.50. The highest BCUT2D eigenvalue weighted by Crippen LogP contribution is 2.64. The SMILES string of the molecule is C[C@]12CCC(=O)C=C1NC[C@@H]1[C@H]2CC[C@]2(C)C(C(=O)Nc3cc(C(F)(F)F)ccc3-c3ccc(Cl)cc3)CC[C@@H]12. The number of benzene rings is 2. The molecule has 2 saturated carbocycles. The molecule has 2 aromatic carbocycles. The number of nitrogens with one attached hydrogen (secondary N) is 2. The molecule has 0 radical (unpaired) electrons. The number of piperidine rings is 1. The summed E-state index contributed by atoms with van der Waals surface area (Å²) in [6.07, 6.45) is 2.19. The first-order valence-corrected chi connectivity index (χ1v) is 14.5. The predicted molar refractivity (Wildman–Crippen MR) is 149 cm³/mol. The molecule has 1 amide bonds. The van der Waals surface area contributed by atoms with E-state index in [4.69, 9.17) is 11.6 Å². The molecule has 2 N–H and O–H groups in total. The molecule has 6 atom stereocenters. The second-order valence-electron chi connectivity index (χ2n) is 12.6. The van der Waals surface area contributed by atoms with Crippen LogP contribution in [0.2, 0.25) is 5.02 Å². The van der Waals surface area contributed by atoms with Crippen LogP contribution in [-0.2, 0) is 15.8 Å². The topological polar surface area (TPSA) is 58.2 Å². The van der Waals surface area contributed by atoms with Gasteiger partial charge in [-0.1, -0.05) is 43.6 Å². The molecule has 1 aliphatic heterocycles. The monoisotopic (exact) mass is 570 g/mol. The molecule has 4 aliphatic rings. The van der Waals surface area contributed by atoms with Crippen molar-refractivity contribution in [2.75, 3.05) is 11.9 Å². The number of hydrogen-bond donors (Lipinski definition) is 2. The Morgan fingerprint density at radius 3 is 2.50 bits per heavy atom. The van der Waals surface area contributed by atoms with Crippen molar-refractivity contribution >= 4 is 29.0 Å². The average molecular weight is 571 g/mol. The number of rotatable bonds is 3. The normalized spacial score (nSPS) is 33.2. The maximum atomic E-state index is 13.9. The van der Waals surface area contributed by atoms with Crippen LogP contribution in [0.25, 0.3) is 11.1 Å². The maximum absolute atomic E-state index is 13.9. The zero-order chi connectivity index (χ0) is 28.4. The number of fused-ring (bicyclic) bond motifs is 5. The smallest absolute Gasteiger partial charge is 0.387 e. The van der Waals surface area contributed by atoms with E-state index in [1.807, 2.05) is 0 Å². The second kappa shape index (κ2) is 9.64. The van der Waals surface area contributed by atoms with E-state index in [9.17, 15) is 22.8 Å². The number of carbonyl (C=O) groups is 2. The summed E-state index contributed by atoms with van der Waals surface area (Å²) in [4.78, 5) is 26.0. The molecule has 40 heavy (non-hydrogen) atoms. The number of carbonyl (C=O) groups excluding carboxylic acids is 2. The molecule has 212 valence electrons. The molecule has 8 heteroatoms. The van der Waals surface area contributed by atoms with E-state index >= 15 is 0 Å². The van der Waals surface area contributed by atoms with Crippen molar-refractivity contribution in [2.24, 2.45) is 34.5 Å². The maximum Gasteiger partial charge on any atom is 0.416 e. The van der Waals surface area contributed by atoms with Crippen molar-refractivity contribution in [1.29, 1.82) is 0 Å². The van der Waals surface area contributed by atoms with Gasteiger partial charge in [0.15, 0.2) is 5.78 Å². The van der Waals surface area contributed by atoms with E-state index in [1.165, 1.54) is 6.07 Å². The van der Waals surface area contributed by atoms with E-state index in [2.05, 4.69) is 24.5 Å². The molecule has 4 nitrogen and oxygen atoms in total. The van der Waals surface area contributed by atoms with Gasteiger partial charge in [-0.05, 0) is 85.1 Å². The Labute approximate surface area is 237 Å². The van der Waals surface area contributed by atoms with Crippen LogP contribution in [0.4, 0.5) is 18.9 Å². The van der Waals surface area contributed by atoms with Gasteiger partial charge in [0.1, 0.15) is 0 Å². The first-order chi connectivity index (χ1) is 18.9. The third-order valence-electron chi connectivity index (χ3n) is 10.7. The van der Waals surface area contributed by atoms with E-state index in [0.717, 1.165) is 50.1 Å². The van der Waals surface area contributed by atoms with Gasteiger partial charge in [0.25, 0.3) is 0 Å². The molecule has 1 heterocycles. The van der Waals surface area contributed by atoms with Gasteiger partial charge in [0, 0.05) is 52.3 Å². The van der Waals surface area contributed by atoms with Crippen LogP contribution in [0.5, 0.6) is 0 Å². The lowest BCUT2D eigenvalue weighted by Crippen LogP contribution is -2.57. The van der Waals surface area contributed by atoms with Crippen molar-refractivity contribution in [3.63, 3.8) is 0 Å². The number of anilines is 1. The Morgan fingerprint density at radius 1 is 1.02 bits per heavy atom. The van der Waals surface area contributed by atoms with E-state index in [1.54, 1.807) is 30.3 Å². The van der Waals surface area contributed by atoms with Crippen molar-refractivity contribution in [2.45, 2.75) is 58.5 Å². The molecule has 3 aliphatic carbocycles. The number of alkyl halides is 3. The van der Waals surface area contributed by atoms with Crippen molar-refractivity contribution in [1.82, 2.24) is 5.32 Å². The lowest BCUT2D eigenvalue weighted by Gasteiger charge is -2.58. The Kier molecular flexibility index (Phi) is 6.60. The number of hydrogen-bond acceptors (Lipinski definition) is 3. The highest BCUT2D eigenvalue weighted by molar-refractivity contribution is 6.30. The summed E-state index contributed by atoms with van der Waals surface area (Å²) >= 11 is 6.04. The van der Waals surface area contributed by atoms with Crippen LogP contribution in [-0.4, -0.2) is 18.2 Å². The minimum Gasteiger partial charge on any atom is -0.387 e. The van der Waals surface area contributed by atoms with Gasteiger partial charge in [-0.25, -0.2) is 0 Å². The van der Waals surface area contributed by atoms with Gasteiger partial charge in [0.2, 0.25) is 5.91 Å². The molecule has 0 bridgehead atoms. The van der Waals surface area contributed by atoms with Crippen molar-refractivity contribution in [3.8, 4) is 11.1 Å². The number of ketones is 1. The fraction of sp³-hybridized carbons (Fsp3) is 0.500. The molecule has 3 fully saturated rings. The van der Waals surface area contributed by atoms with Crippen molar-refractivity contribution in [3.05, 3.63) is 64.8 Å². The van der Waals surface area contributed by atoms with E-state index in [-0.39, 0.29) is 34.1 Å². The first kappa shape index (κ1) is 27.4. The highest BCUT2D eigenvalue weighted by Gasteiger charge is 2.60. The van der Waals surface area contributed by atoms with Crippen LogP contribution >= 0.6 is 11.6 Å². The van der Waals surface area contributed by atoms with Gasteiger partial charge >= 0.3 is 6.18 Å². The Hall–Kier alpha value is -2.80. The number of halogens is 4. The summed E-state index contributed by atoms with van der Waals surface area (Å²) in [5.74, 6) is 0.866.